The van der Waals surface area contributed by atoms with Gasteiger partial charge in [-0.2, -0.15) is 0 Å². The molecule has 0 radical (unpaired) electrons. The van der Waals surface area contributed by atoms with Gasteiger partial charge in [0.15, 0.2) is 11.5 Å². The van der Waals surface area contributed by atoms with Crippen LogP contribution < -0.4 is 20.1 Å². The van der Waals surface area contributed by atoms with Crippen molar-refractivity contribution in [2.45, 2.75) is 25.7 Å². The Kier molecular flexibility index (Phi) is 14.3. The third kappa shape index (κ3) is 9.36. The van der Waals surface area contributed by atoms with E-state index in [9.17, 15) is 19.2 Å². The van der Waals surface area contributed by atoms with Gasteiger partial charge in [0.1, 0.15) is 33.2 Å². The van der Waals surface area contributed by atoms with Gasteiger partial charge in [0.2, 0.25) is 11.8 Å². The number of ether oxygens (including phenoxy) is 2. The van der Waals surface area contributed by atoms with E-state index in [0.29, 0.717) is 12.8 Å². The molecule has 8 nitrogen and oxygen atoms in total. The van der Waals surface area contributed by atoms with Crippen molar-refractivity contribution in [2.24, 2.45) is 0 Å². The molecule has 2 rings (SSSR count). The summed E-state index contributed by atoms with van der Waals surface area (Å²) in [5.41, 5.74) is 0. The van der Waals surface area contributed by atoms with Gasteiger partial charge in [-0.15, -0.1) is 0 Å². The van der Waals surface area contributed by atoms with Crippen molar-refractivity contribution in [3.05, 3.63) is 50.2 Å². The molecule has 0 atom stereocenters. The van der Waals surface area contributed by atoms with Crippen molar-refractivity contribution in [3.63, 3.8) is 0 Å². The smallest absolute Gasteiger partial charge is 0.330 e. The van der Waals surface area contributed by atoms with Crippen LogP contribution in [0.3, 0.4) is 0 Å². The highest BCUT2D eigenvalue weighted by Crippen LogP contribution is 2.49. The molecular weight excluding hydrogens is 743 g/mol. The Labute approximate surface area is 277 Å². The lowest BCUT2D eigenvalue weighted by Crippen LogP contribution is -2.32. The Morgan fingerprint density at radius 3 is 0.975 bits per heavy atom. The van der Waals surface area contributed by atoms with Gasteiger partial charge in [-0.3, -0.25) is 9.59 Å². The summed E-state index contributed by atoms with van der Waals surface area (Å²) in [6.07, 6.45) is 0.590. The fraction of sp³-hybridized carbons (Fsp3) is 0.273. The monoisotopic (exact) mass is 752 g/mol. The molecule has 0 aromatic heterocycles. The van der Waals surface area contributed by atoms with Gasteiger partial charge >= 0.3 is 11.9 Å². The summed E-state index contributed by atoms with van der Waals surface area (Å²) >= 11 is 59.4. The molecule has 2 aromatic rings. The molecular formula is C22H14Cl10N2O6. The number of hydrogen-bond acceptors (Lipinski definition) is 6. The summed E-state index contributed by atoms with van der Waals surface area (Å²) in [4.78, 5) is 48.2. The van der Waals surface area contributed by atoms with Crippen LogP contribution in [0.4, 0.5) is 0 Å². The Morgan fingerprint density at radius 2 is 0.700 bits per heavy atom. The number of benzene rings is 2. The van der Waals surface area contributed by atoms with Crippen LogP contribution >= 0.6 is 116 Å². The van der Waals surface area contributed by atoms with Crippen molar-refractivity contribution in [1.82, 2.24) is 10.6 Å². The number of carbonyl (C=O) groups excluding carboxylic acids is 4. The predicted molar refractivity (Wildman–Crippen MR) is 159 cm³/mol. The molecule has 0 bridgehead atoms. The number of nitrogens with one attached hydrogen (secondary N) is 2. The highest BCUT2D eigenvalue weighted by atomic mass is 35.5. The first kappa shape index (κ1) is 35.4. The highest BCUT2D eigenvalue weighted by Gasteiger charge is 2.24. The van der Waals surface area contributed by atoms with Crippen molar-refractivity contribution < 1.29 is 28.7 Å². The molecule has 2 amide bonds. The largest absolute Gasteiger partial charge is 0.422 e. The molecule has 0 heterocycles. The van der Waals surface area contributed by atoms with E-state index < -0.39 is 36.8 Å². The minimum Gasteiger partial charge on any atom is -0.422 e. The van der Waals surface area contributed by atoms with Crippen LogP contribution in [-0.4, -0.2) is 36.8 Å². The highest BCUT2D eigenvalue weighted by molar-refractivity contribution is 6.56. The minimum absolute atomic E-state index is 0.00218. The molecule has 18 heteroatoms. The maximum absolute atomic E-state index is 12.1. The van der Waals surface area contributed by atoms with Gasteiger partial charge in [0.25, 0.3) is 0 Å². The summed E-state index contributed by atoms with van der Waals surface area (Å²) in [6, 6.07) is 0. The average Bonchev–Trinajstić information content (AvgIpc) is 2.93. The number of halogens is 10. The van der Waals surface area contributed by atoms with E-state index in [4.69, 9.17) is 125 Å². The second-order valence-corrected chi connectivity index (χ2v) is 11.3. The van der Waals surface area contributed by atoms with Crippen LogP contribution in [0.15, 0.2) is 0 Å². The van der Waals surface area contributed by atoms with Crippen LogP contribution in [0.5, 0.6) is 11.5 Å². The zero-order valence-electron chi connectivity index (χ0n) is 19.5. The third-order valence-electron chi connectivity index (χ3n) is 4.69. The first-order valence-corrected chi connectivity index (χ1v) is 14.4. The van der Waals surface area contributed by atoms with Gasteiger partial charge in [0, 0.05) is 12.8 Å². The summed E-state index contributed by atoms with van der Waals surface area (Å²) in [5.74, 6) is -3.38. The topological polar surface area (TPSA) is 111 Å². The molecule has 0 aliphatic heterocycles. The number of carbonyl (C=O) groups is 4. The van der Waals surface area contributed by atoms with Gasteiger partial charge in [-0.25, -0.2) is 9.59 Å². The number of hydrogen-bond donors (Lipinski definition) is 2. The summed E-state index contributed by atoms with van der Waals surface area (Å²) < 4.78 is 10.1. The maximum Gasteiger partial charge on any atom is 0.330 e. The third-order valence-corrected chi connectivity index (χ3v) is 9.17. The molecule has 0 spiro atoms. The van der Waals surface area contributed by atoms with E-state index in [1.807, 2.05) is 0 Å². The lowest BCUT2D eigenvalue weighted by atomic mass is 10.2. The van der Waals surface area contributed by atoms with E-state index in [1.54, 1.807) is 0 Å². The number of unbranched alkanes of at least 4 members (excludes halogenated alkanes) is 1. The molecule has 0 saturated carbocycles. The lowest BCUT2D eigenvalue weighted by molar-refractivity contribution is -0.136. The molecule has 2 N–H and O–H groups in total. The van der Waals surface area contributed by atoms with Crippen molar-refractivity contribution in [1.29, 1.82) is 0 Å². The Hall–Kier alpha value is -0.780. The van der Waals surface area contributed by atoms with Gasteiger partial charge in [-0.05, 0) is 12.8 Å². The van der Waals surface area contributed by atoms with Crippen molar-refractivity contribution in [2.75, 3.05) is 13.1 Å². The number of rotatable bonds is 11. The number of esters is 2. The van der Waals surface area contributed by atoms with Gasteiger partial charge in [-0.1, -0.05) is 116 Å². The van der Waals surface area contributed by atoms with E-state index in [0.717, 1.165) is 0 Å². The van der Waals surface area contributed by atoms with E-state index in [-0.39, 0.29) is 74.6 Å². The molecule has 0 unspecified atom stereocenters. The summed E-state index contributed by atoms with van der Waals surface area (Å²) in [7, 11) is 0. The SMILES string of the molecule is O=C(CCCCC(=O)NCC(=O)Oc1c(Cl)c(Cl)c(Cl)c(Cl)c1Cl)NCC(=O)Oc1c(Cl)c(Cl)c(Cl)c(Cl)c1Cl. The standard InChI is InChI=1S/C22H14Cl10N2O6/c23-11-13(25)17(29)21(18(30)14(11)26)39-9(37)5-33-7(35)3-1-2-4-8(36)34-6-10(38)40-22-19(31)15(27)12(24)16(28)20(22)32/h1-6H2,(H,33,35)(H,34,36). The summed E-state index contributed by atoms with van der Waals surface area (Å²) in [5, 5.41) is 2.97. The molecule has 2 aromatic carbocycles. The zero-order chi connectivity index (χ0) is 30.3. The molecule has 218 valence electrons. The van der Waals surface area contributed by atoms with E-state index in [2.05, 4.69) is 10.6 Å². The van der Waals surface area contributed by atoms with Gasteiger partial charge < -0.3 is 20.1 Å². The molecule has 0 aliphatic carbocycles. The van der Waals surface area contributed by atoms with Crippen LogP contribution in [0, 0.1) is 0 Å². The van der Waals surface area contributed by atoms with Crippen molar-refractivity contribution in [3.8, 4) is 11.5 Å². The first-order valence-electron chi connectivity index (χ1n) is 10.6. The number of amides is 2. The predicted octanol–water partition coefficient (Wildman–Crippen LogP) is 8.52. The Balaban J connectivity index is 1.70. The van der Waals surface area contributed by atoms with E-state index in [1.165, 1.54) is 0 Å². The quantitative estimate of drug-likeness (QED) is 0.0783. The zero-order valence-corrected chi connectivity index (χ0v) is 27.0. The van der Waals surface area contributed by atoms with E-state index >= 15 is 0 Å². The Morgan fingerprint density at radius 1 is 0.450 bits per heavy atom. The average molecular weight is 757 g/mol. The van der Waals surface area contributed by atoms with Crippen LogP contribution in [0.2, 0.25) is 50.2 Å². The molecule has 0 aliphatic rings. The van der Waals surface area contributed by atoms with Crippen molar-refractivity contribution >= 4 is 140 Å². The summed E-state index contributed by atoms with van der Waals surface area (Å²) in [6.45, 7) is -1.02. The Bertz CT molecular complexity index is 1190. The fourth-order valence-corrected chi connectivity index (χ4v) is 5.13. The van der Waals surface area contributed by atoms with Crippen LogP contribution in [0.1, 0.15) is 25.7 Å². The second kappa shape index (κ2) is 16.2. The lowest BCUT2D eigenvalue weighted by Gasteiger charge is -2.13. The first-order chi connectivity index (χ1) is 18.7. The maximum atomic E-state index is 12.1. The molecule has 0 fully saturated rings. The van der Waals surface area contributed by atoms with Gasteiger partial charge in [0.05, 0.1) is 30.1 Å². The minimum atomic E-state index is -0.899. The molecule has 40 heavy (non-hydrogen) atoms. The fourth-order valence-electron chi connectivity index (χ4n) is 2.74. The normalized spacial score (nSPS) is 10.8. The molecule has 0 saturated heterocycles. The van der Waals surface area contributed by atoms with Crippen LogP contribution in [0.25, 0.3) is 0 Å². The van der Waals surface area contributed by atoms with Crippen LogP contribution in [-0.2, 0) is 19.2 Å². The second-order valence-electron chi connectivity index (χ2n) is 7.51.